The van der Waals surface area contributed by atoms with E-state index in [0.29, 0.717) is 10.9 Å². The Kier molecular flexibility index (Phi) is 1.67. The molecule has 0 aliphatic heterocycles. The van der Waals surface area contributed by atoms with Crippen molar-refractivity contribution in [3.63, 3.8) is 0 Å². The average Bonchev–Trinajstić information content (AvgIpc) is 2.42. The number of nitrogens with two attached hydrogens (primary N) is 1. The number of aryl methyl sites for hydroxylation is 1. The zero-order valence-electron chi connectivity index (χ0n) is 7.66. The fourth-order valence-electron chi connectivity index (χ4n) is 1.45. The molecular formula is C9H10N4O. The Bertz CT molecular complexity index is 564. The smallest absolute Gasteiger partial charge is 0.271 e. The summed E-state index contributed by atoms with van der Waals surface area (Å²) in [5, 5.41) is 10.4. The van der Waals surface area contributed by atoms with Crippen molar-refractivity contribution >= 4 is 16.7 Å². The number of fused-ring (bicyclic) bond motifs is 1. The van der Waals surface area contributed by atoms with Crippen molar-refractivity contribution in [2.24, 2.45) is 12.8 Å². The van der Waals surface area contributed by atoms with Gasteiger partial charge in [0.1, 0.15) is 5.84 Å². The summed E-state index contributed by atoms with van der Waals surface area (Å²) in [4.78, 5) is 11.4. The minimum Gasteiger partial charge on any atom is -0.384 e. The summed E-state index contributed by atoms with van der Waals surface area (Å²) in [7, 11) is 1.76. The number of amidine groups is 1. The predicted molar refractivity (Wildman–Crippen MR) is 54.6 cm³/mol. The first kappa shape index (κ1) is 8.55. The number of H-pyrrole nitrogens is 1. The SMILES string of the molecule is Cn1[nH]c(=O)c2cc(C(=N)N)ccc21. The number of aromatic nitrogens is 2. The van der Waals surface area contributed by atoms with Crippen molar-refractivity contribution in [2.45, 2.75) is 0 Å². The van der Waals surface area contributed by atoms with Crippen molar-refractivity contribution in [1.82, 2.24) is 9.78 Å². The van der Waals surface area contributed by atoms with Gasteiger partial charge in [0.15, 0.2) is 0 Å². The van der Waals surface area contributed by atoms with Crippen molar-refractivity contribution in [3.05, 3.63) is 34.1 Å². The van der Waals surface area contributed by atoms with Gasteiger partial charge in [-0.05, 0) is 18.2 Å². The highest BCUT2D eigenvalue weighted by Crippen LogP contribution is 2.10. The number of hydrogen-bond donors (Lipinski definition) is 3. The van der Waals surface area contributed by atoms with Crippen LogP contribution in [0, 0.1) is 5.41 Å². The fraction of sp³-hybridized carbons (Fsp3) is 0.111. The third kappa shape index (κ3) is 1.10. The summed E-state index contributed by atoms with van der Waals surface area (Å²) in [6.45, 7) is 0. The second-order valence-corrected chi connectivity index (χ2v) is 3.15. The Hall–Kier alpha value is -2.04. The highest BCUT2D eigenvalue weighted by atomic mass is 16.1. The van der Waals surface area contributed by atoms with Gasteiger partial charge in [-0.25, -0.2) is 0 Å². The molecule has 14 heavy (non-hydrogen) atoms. The summed E-state index contributed by atoms with van der Waals surface area (Å²) in [6, 6.07) is 5.11. The molecule has 1 aromatic carbocycles. The molecule has 1 heterocycles. The van der Waals surface area contributed by atoms with Gasteiger partial charge < -0.3 is 5.73 Å². The molecule has 1 aromatic heterocycles. The van der Waals surface area contributed by atoms with Crippen LogP contribution in [-0.4, -0.2) is 15.6 Å². The van der Waals surface area contributed by atoms with E-state index in [4.69, 9.17) is 11.1 Å². The quantitative estimate of drug-likeness (QED) is 0.441. The van der Waals surface area contributed by atoms with Gasteiger partial charge >= 0.3 is 0 Å². The molecule has 0 saturated heterocycles. The molecule has 5 nitrogen and oxygen atoms in total. The van der Waals surface area contributed by atoms with Crippen LogP contribution in [0.1, 0.15) is 5.56 Å². The third-order valence-electron chi connectivity index (χ3n) is 2.18. The minimum absolute atomic E-state index is 0.0323. The minimum atomic E-state index is -0.161. The summed E-state index contributed by atoms with van der Waals surface area (Å²) in [5.74, 6) is -0.0323. The molecule has 0 unspecified atom stereocenters. The number of aromatic amines is 1. The fourth-order valence-corrected chi connectivity index (χ4v) is 1.45. The second kappa shape index (κ2) is 2.73. The molecule has 0 aliphatic rings. The summed E-state index contributed by atoms with van der Waals surface area (Å²) < 4.78 is 1.64. The summed E-state index contributed by atoms with van der Waals surface area (Å²) in [5.41, 5.74) is 6.53. The second-order valence-electron chi connectivity index (χ2n) is 3.15. The van der Waals surface area contributed by atoms with Crippen molar-refractivity contribution in [1.29, 1.82) is 5.41 Å². The number of rotatable bonds is 1. The zero-order chi connectivity index (χ0) is 10.3. The zero-order valence-corrected chi connectivity index (χ0v) is 7.66. The van der Waals surface area contributed by atoms with Crippen LogP contribution in [0.2, 0.25) is 0 Å². The molecule has 4 N–H and O–H groups in total. The van der Waals surface area contributed by atoms with Crippen LogP contribution in [0.3, 0.4) is 0 Å². The maximum Gasteiger partial charge on any atom is 0.271 e. The van der Waals surface area contributed by atoms with Gasteiger partial charge in [-0.15, -0.1) is 0 Å². The van der Waals surface area contributed by atoms with Crippen LogP contribution >= 0.6 is 0 Å². The van der Waals surface area contributed by atoms with E-state index in [1.807, 2.05) is 0 Å². The van der Waals surface area contributed by atoms with Crippen LogP contribution in [0.4, 0.5) is 0 Å². The van der Waals surface area contributed by atoms with E-state index < -0.39 is 0 Å². The lowest BCUT2D eigenvalue weighted by Crippen LogP contribution is -2.11. The van der Waals surface area contributed by atoms with Crippen molar-refractivity contribution < 1.29 is 0 Å². The van der Waals surface area contributed by atoms with E-state index in [1.165, 1.54) is 0 Å². The first-order chi connectivity index (χ1) is 6.59. The van der Waals surface area contributed by atoms with E-state index in [-0.39, 0.29) is 11.4 Å². The van der Waals surface area contributed by atoms with Gasteiger partial charge in [-0.1, -0.05) is 0 Å². The Morgan fingerprint density at radius 1 is 1.57 bits per heavy atom. The lowest BCUT2D eigenvalue weighted by Gasteiger charge is -1.98. The van der Waals surface area contributed by atoms with Gasteiger partial charge in [0.25, 0.3) is 5.56 Å². The van der Waals surface area contributed by atoms with E-state index in [0.717, 1.165) is 5.52 Å². The van der Waals surface area contributed by atoms with Gasteiger partial charge in [-0.2, -0.15) is 0 Å². The van der Waals surface area contributed by atoms with Crippen LogP contribution in [0.5, 0.6) is 0 Å². The monoisotopic (exact) mass is 190 g/mol. The number of nitrogens with zero attached hydrogens (tertiary/aromatic N) is 1. The van der Waals surface area contributed by atoms with E-state index in [9.17, 15) is 4.79 Å². The maximum atomic E-state index is 11.4. The molecule has 0 radical (unpaired) electrons. The molecule has 0 bridgehead atoms. The first-order valence-corrected chi connectivity index (χ1v) is 4.13. The lowest BCUT2D eigenvalue weighted by molar-refractivity contribution is 0.783. The van der Waals surface area contributed by atoms with Gasteiger partial charge in [0, 0.05) is 12.6 Å². The standard InChI is InChI=1S/C9H10N4O/c1-13-7-3-2-5(8(10)11)4-6(7)9(14)12-13/h2-4H,1H3,(H3,10,11)(H,12,14). The molecule has 0 saturated carbocycles. The van der Waals surface area contributed by atoms with Gasteiger partial charge in [-0.3, -0.25) is 20.0 Å². The topological polar surface area (TPSA) is 87.7 Å². The molecule has 0 aliphatic carbocycles. The molecule has 0 amide bonds. The number of hydrogen-bond acceptors (Lipinski definition) is 2. The van der Waals surface area contributed by atoms with Crippen molar-refractivity contribution in [2.75, 3.05) is 0 Å². The van der Waals surface area contributed by atoms with Crippen LogP contribution < -0.4 is 11.3 Å². The predicted octanol–water partition coefficient (Wildman–Crippen LogP) is 0.151. The van der Waals surface area contributed by atoms with Crippen molar-refractivity contribution in [3.8, 4) is 0 Å². The first-order valence-electron chi connectivity index (χ1n) is 4.13. The highest BCUT2D eigenvalue weighted by Gasteiger charge is 2.05. The molecule has 0 fully saturated rings. The Balaban J connectivity index is 2.84. The average molecular weight is 190 g/mol. The number of nitrogen functional groups attached to an aromatic ring is 1. The molecule has 0 atom stereocenters. The largest absolute Gasteiger partial charge is 0.384 e. The number of nitrogens with one attached hydrogen (secondary N) is 2. The van der Waals surface area contributed by atoms with E-state index >= 15 is 0 Å². The maximum absolute atomic E-state index is 11.4. The van der Waals surface area contributed by atoms with E-state index in [1.54, 1.807) is 29.9 Å². The summed E-state index contributed by atoms with van der Waals surface area (Å²) >= 11 is 0. The number of benzene rings is 1. The van der Waals surface area contributed by atoms with Gasteiger partial charge in [0.05, 0.1) is 10.9 Å². The van der Waals surface area contributed by atoms with Crippen LogP contribution in [0.15, 0.2) is 23.0 Å². The Morgan fingerprint density at radius 3 is 2.93 bits per heavy atom. The van der Waals surface area contributed by atoms with Crippen LogP contribution in [-0.2, 0) is 7.05 Å². The van der Waals surface area contributed by atoms with Crippen LogP contribution in [0.25, 0.3) is 10.9 Å². The third-order valence-corrected chi connectivity index (χ3v) is 2.18. The molecule has 0 spiro atoms. The molecule has 2 rings (SSSR count). The summed E-state index contributed by atoms with van der Waals surface area (Å²) in [6.07, 6.45) is 0. The van der Waals surface area contributed by atoms with E-state index in [2.05, 4.69) is 5.10 Å². The molecule has 2 aromatic rings. The molecular weight excluding hydrogens is 180 g/mol. The van der Waals surface area contributed by atoms with Gasteiger partial charge in [0.2, 0.25) is 0 Å². The molecule has 72 valence electrons. The lowest BCUT2D eigenvalue weighted by atomic mass is 10.1. The Labute approximate surface area is 79.6 Å². The Morgan fingerprint density at radius 2 is 2.29 bits per heavy atom. The highest BCUT2D eigenvalue weighted by molar-refractivity contribution is 5.98. The normalized spacial score (nSPS) is 10.6. The molecule has 5 heteroatoms.